The smallest absolute Gasteiger partial charge is 0.159 e. The van der Waals surface area contributed by atoms with E-state index in [1.807, 2.05) is 12.1 Å². The van der Waals surface area contributed by atoms with Crippen molar-refractivity contribution in [1.29, 1.82) is 0 Å². The molecule has 0 aliphatic carbocycles. The molecule has 0 amide bonds. The van der Waals surface area contributed by atoms with Crippen molar-refractivity contribution in [3.8, 4) is 17.1 Å². The molecule has 4 nitrogen and oxygen atoms in total. The molecule has 2 aromatic rings. The predicted molar refractivity (Wildman–Crippen MR) is 61.9 cm³/mol. The topological polar surface area (TPSA) is 72.0 Å². The monoisotopic (exact) mass is 215 g/mol. The van der Waals surface area contributed by atoms with E-state index in [0.29, 0.717) is 12.4 Å². The van der Waals surface area contributed by atoms with Gasteiger partial charge in [0.25, 0.3) is 0 Å². The van der Waals surface area contributed by atoms with E-state index in [2.05, 4.69) is 9.97 Å². The Bertz CT molecular complexity index is 485. The highest BCUT2D eigenvalue weighted by Crippen LogP contribution is 2.19. The lowest BCUT2D eigenvalue weighted by Gasteiger charge is -2.03. The second-order valence-corrected chi connectivity index (χ2v) is 3.46. The van der Waals surface area contributed by atoms with Crippen molar-refractivity contribution in [2.24, 2.45) is 5.73 Å². The molecule has 82 valence electrons. The molecule has 0 atom stereocenters. The van der Waals surface area contributed by atoms with E-state index in [4.69, 9.17) is 5.73 Å². The highest BCUT2D eigenvalue weighted by atomic mass is 16.3. The Morgan fingerprint density at radius 3 is 2.88 bits per heavy atom. The molecular weight excluding hydrogens is 202 g/mol. The number of phenolic OH excluding ortho intramolecular Hbond substituents is 1. The molecule has 1 heterocycles. The molecule has 0 aliphatic heterocycles. The van der Waals surface area contributed by atoms with Crippen molar-refractivity contribution in [1.82, 2.24) is 9.97 Å². The van der Waals surface area contributed by atoms with Crippen LogP contribution in [-0.4, -0.2) is 21.6 Å². The van der Waals surface area contributed by atoms with Crippen LogP contribution in [0.4, 0.5) is 0 Å². The lowest BCUT2D eigenvalue weighted by Crippen LogP contribution is -2.05. The van der Waals surface area contributed by atoms with Gasteiger partial charge in [-0.3, -0.25) is 0 Å². The molecule has 0 spiro atoms. The average Bonchev–Trinajstić information content (AvgIpc) is 2.30. The number of hydrogen-bond acceptors (Lipinski definition) is 4. The van der Waals surface area contributed by atoms with Gasteiger partial charge in [-0.2, -0.15) is 0 Å². The summed E-state index contributed by atoms with van der Waals surface area (Å²) < 4.78 is 0. The van der Waals surface area contributed by atoms with Gasteiger partial charge in [0, 0.05) is 23.9 Å². The largest absolute Gasteiger partial charge is 0.508 e. The van der Waals surface area contributed by atoms with Crippen LogP contribution >= 0.6 is 0 Å². The van der Waals surface area contributed by atoms with Gasteiger partial charge in [0.1, 0.15) is 5.75 Å². The fraction of sp³-hybridized carbons (Fsp3) is 0.167. The molecule has 1 aromatic heterocycles. The Morgan fingerprint density at radius 1 is 1.25 bits per heavy atom. The normalized spacial score (nSPS) is 10.3. The first kappa shape index (κ1) is 10.6. The number of nitrogens with two attached hydrogens (primary N) is 1. The first-order chi connectivity index (χ1) is 7.79. The van der Waals surface area contributed by atoms with E-state index < -0.39 is 0 Å². The molecule has 0 unspecified atom stereocenters. The maximum Gasteiger partial charge on any atom is 0.159 e. The first-order valence-corrected chi connectivity index (χ1v) is 5.11. The van der Waals surface area contributed by atoms with Crippen LogP contribution in [-0.2, 0) is 6.42 Å². The van der Waals surface area contributed by atoms with Crippen LogP contribution in [0.15, 0.2) is 36.5 Å². The molecule has 16 heavy (non-hydrogen) atoms. The highest BCUT2D eigenvalue weighted by Gasteiger charge is 2.02. The summed E-state index contributed by atoms with van der Waals surface area (Å²) in [4.78, 5) is 8.54. The van der Waals surface area contributed by atoms with Crippen LogP contribution in [0, 0.1) is 0 Å². The highest BCUT2D eigenvalue weighted by molar-refractivity contribution is 5.57. The summed E-state index contributed by atoms with van der Waals surface area (Å²) in [5, 5.41) is 9.37. The van der Waals surface area contributed by atoms with Gasteiger partial charge in [0.05, 0.1) is 0 Å². The van der Waals surface area contributed by atoms with Gasteiger partial charge in [0.15, 0.2) is 5.82 Å². The summed E-state index contributed by atoms with van der Waals surface area (Å²) in [5.41, 5.74) is 7.19. The summed E-state index contributed by atoms with van der Waals surface area (Å²) >= 11 is 0. The standard InChI is InChI=1S/C12H13N3O/c13-6-4-10-5-7-14-12(15-10)9-2-1-3-11(16)8-9/h1-3,5,7-8,16H,4,6,13H2. The van der Waals surface area contributed by atoms with Gasteiger partial charge in [0.2, 0.25) is 0 Å². The molecule has 0 saturated heterocycles. The van der Waals surface area contributed by atoms with Crippen LogP contribution in [0.5, 0.6) is 5.75 Å². The molecule has 0 aliphatic rings. The van der Waals surface area contributed by atoms with Crippen LogP contribution in [0.3, 0.4) is 0 Å². The van der Waals surface area contributed by atoms with E-state index in [9.17, 15) is 5.11 Å². The number of rotatable bonds is 3. The van der Waals surface area contributed by atoms with E-state index in [0.717, 1.165) is 17.7 Å². The fourth-order valence-corrected chi connectivity index (χ4v) is 1.47. The van der Waals surface area contributed by atoms with Gasteiger partial charge in [-0.05, 0) is 24.7 Å². The minimum atomic E-state index is 0.213. The second kappa shape index (κ2) is 4.72. The van der Waals surface area contributed by atoms with Crippen LogP contribution in [0.25, 0.3) is 11.4 Å². The van der Waals surface area contributed by atoms with Crippen molar-refractivity contribution in [3.63, 3.8) is 0 Å². The number of benzene rings is 1. The lowest BCUT2D eigenvalue weighted by molar-refractivity contribution is 0.475. The number of phenols is 1. The Labute approximate surface area is 93.8 Å². The zero-order chi connectivity index (χ0) is 11.4. The van der Waals surface area contributed by atoms with Gasteiger partial charge in [-0.25, -0.2) is 9.97 Å². The molecule has 1 aromatic carbocycles. The third-order valence-electron chi connectivity index (χ3n) is 2.22. The van der Waals surface area contributed by atoms with Crippen molar-refractivity contribution in [2.45, 2.75) is 6.42 Å². The Hall–Kier alpha value is -1.94. The predicted octanol–water partition coefficient (Wildman–Crippen LogP) is 1.35. The zero-order valence-corrected chi connectivity index (χ0v) is 8.80. The summed E-state index contributed by atoms with van der Waals surface area (Å²) in [6, 6.07) is 8.73. The zero-order valence-electron chi connectivity index (χ0n) is 8.80. The minimum absolute atomic E-state index is 0.213. The summed E-state index contributed by atoms with van der Waals surface area (Å²) in [5.74, 6) is 0.826. The summed E-state index contributed by atoms with van der Waals surface area (Å²) in [6.07, 6.45) is 2.44. The van der Waals surface area contributed by atoms with Crippen molar-refractivity contribution < 1.29 is 5.11 Å². The molecule has 0 bridgehead atoms. The van der Waals surface area contributed by atoms with Crippen molar-refractivity contribution in [3.05, 3.63) is 42.2 Å². The van der Waals surface area contributed by atoms with Gasteiger partial charge >= 0.3 is 0 Å². The third-order valence-corrected chi connectivity index (χ3v) is 2.22. The van der Waals surface area contributed by atoms with Gasteiger partial charge in [-0.15, -0.1) is 0 Å². The Morgan fingerprint density at radius 2 is 2.12 bits per heavy atom. The average molecular weight is 215 g/mol. The van der Waals surface area contributed by atoms with E-state index in [-0.39, 0.29) is 5.75 Å². The maximum absolute atomic E-state index is 9.37. The lowest BCUT2D eigenvalue weighted by atomic mass is 10.2. The van der Waals surface area contributed by atoms with Crippen molar-refractivity contribution in [2.75, 3.05) is 6.54 Å². The minimum Gasteiger partial charge on any atom is -0.508 e. The third kappa shape index (κ3) is 2.35. The molecule has 2 rings (SSSR count). The van der Waals surface area contributed by atoms with Crippen LogP contribution < -0.4 is 5.73 Å². The second-order valence-electron chi connectivity index (χ2n) is 3.46. The number of aromatic nitrogens is 2. The molecule has 0 fully saturated rings. The molecule has 0 saturated carbocycles. The first-order valence-electron chi connectivity index (χ1n) is 5.11. The number of hydrogen-bond donors (Lipinski definition) is 2. The Kier molecular flexibility index (Phi) is 3.12. The molecule has 0 radical (unpaired) electrons. The summed E-state index contributed by atoms with van der Waals surface area (Å²) in [7, 11) is 0. The van der Waals surface area contributed by atoms with E-state index in [1.165, 1.54) is 0 Å². The fourth-order valence-electron chi connectivity index (χ4n) is 1.47. The number of aromatic hydroxyl groups is 1. The number of nitrogens with zero attached hydrogens (tertiary/aromatic N) is 2. The quantitative estimate of drug-likeness (QED) is 0.810. The van der Waals surface area contributed by atoms with Gasteiger partial charge < -0.3 is 10.8 Å². The molecule has 4 heteroatoms. The SMILES string of the molecule is NCCc1ccnc(-c2cccc(O)c2)n1. The van der Waals surface area contributed by atoms with E-state index in [1.54, 1.807) is 24.4 Å². The van der Waals surface area contributed by atoms with Crippen LogP contribution in [0.2, 0.25) is 0 Å². The van der Waals surface area contributed by atoms with E-state index >= 15 is 0 Å². The summed E-state index contributed by atoms with van der Waals surface area (Å²) in [6.45, 7) is 0.566. The van der Waals surface area contributed by atoms with Crippen molar-refractivity contribution >= 4 is 0 Å². The molecular formula is C12H13N3O. The Balaban J connectivity index is 2.36. The van der Waals surface area contributed by atoms with Gasteiger partial charge in [-0.1, -0.05) is 12.1 Å². The molecule has 3 N–H and O–H groups in total. The maximum atomic E-state index is 9.37. The van der Waals surface area contributed by atoms with Crippen LogP contribution in [0.1, 0.15) is 5.69 Å².